The van der Waals surface area contributed by atoms with Crippen LogP contribution >= 0.6 is 0 Å². The summed E-state index contributed by atoms with van der Waals surface area (Å²) in [6, 6.07) is 7.64. The first-order valence-corrected chi connectivity index (χ1v) is 15.4. The molecule has 0 bridgehead atoms. The van der Waals surface area contributed by atoms with E-state index in [1.807, 2.05) is 12.1 Å². The van der Waals surface area contributed by atoms with Gasteiger partial charge in [0.25, 0.3) is 0 Å². The lowest BCUT2D eigenvalue weighted by Crippen LogP contribution is -2.65. The number of nitrogens with zero attached hydrogens (tertiary/aromatic N) is 1. The van der Waals surface area contributed by atoms with Gasteiger partial charge in [0.1, 0.15) is 0 Å². The summed E-state index contributed by atoms with van der Waals surface area (Å²) < 4.78 is 0. The predicted octanol–water partition coefficient (Wildman–Crippen LogP) is 7.91. The number of benzene rings is 1. The first-order valence-electron chi connectivity index (χ1n) is 15.4. The smallest absolute Gasteiger partial charge is 0.335 e. The minimum absolute atomic E-state index is 0.370. The van der Waals surface area contributed by atoms with Crippen molar-refractivity contribution in [2.45, 2.75) is 97.4 Å². The van der Waals surface area contributed by atoms with Crippen LogP contribution in [0.15, 0.2) is 30.3 Å². The summed E-state index contributed by atoms with van der Waals surface area (Å²) in [5.41, 5.74) is 4.93. The summed E-state index contributed by atoms with van der Waals surface area (Å²) in [6.45, 7) is 13.4. The van der Waals surface area contributed by atoms with Crippen molar-refractivity contribution in [3.63, 3.8) is 0 Å². The Balaban J connectivity index is 1.20. The molecule has 1 N–H and O–H groups in total. The molecule has 0 radical (unpaired) electrons. The largest absolute Gasteiger partial charge is 0.478 e. The van der Waals surface area contributed by atoms with Crippen LogP contribution < -0.4 is 0 Å². The maximum absolute atomic E-state index is 11.4. The van der Waals surface area contributed by atoms with Crippen LogP contribution in [0.2, 0.25) is 0 Å². The Kier molecular flexibility index (Phi) is 5.26. The van der Waals surface area contributed by atoms with Gasteiger partial charge in [0.15, 0.2) is 0 Å². The predicted molar refractivity (Wildman–Crippen MR) is 149 cm³/mol. The van der Waals surface area contributed by atoms with Gasteiger partial charge in [0, 0.05) is 18.6 Å². The average molecular weight is 502 g/mol. The Labute approximate surface area is 224 Å². The topological polar surface area (TPSA) is 40.3 Å². The van der Waals surface area contributed by atoms with E-state index < -0.39 is 5.97 Å². The van der Waals surface area contributed by atoms with Crippen LogP contribution in [-0.2, 0) is 0 Å². The summed E-state index contributed by atoms with van der Waals surface area (Å²) >= 11 is 0. The molecule has 5 fully saturated rings. The molecule has 200 valence electrons. The Morgan fingerprint density at radius 3 is 2.32 bits per heavy atom. The standard InChI is InChI=1S/C34H47NO2/c1-22-25(23-7-9-24(10-8-23)30(36)37)13-16-31(2)26(22)14-17-33(4)29(31)12-11-27-28-6-5-15-34(28,35-20-21-35)19-18-32(27,33)3/h7-10,13,22,26-29H,5-6,11-12,14-21H2,1-4H3,(H,36,37)/t22?,26?,27?,28?,29?,31?,32-,33?,34?/m1/s1. The van der Waals surface area contributed by atoms with E-state index in [1.54, 1.807) is 12.1 Å². The molecule has 6 aliphatic rings. The summed E-state index contributed by atoms with van der Waals surface area (Å²) in [6.07, 6.45) is 16.7. The molecule has 37 heavy (non-hydrogen) atoms. The van der Waals surface area contributed by atoms with E-state index in [2.05, 4.69) is 38.7 Å². The van der Waals surface area contributed by atoms with Gasteiger partial charge >= 0.3 is 5.97 Å². The molecule has 5 aliphatic carbocycles. The quantitative estimate of drug-likeness (QED) is 0.428. The number of carboxylic acid groups (broad SMARTS) is 1. The maximum Gasteiger partial charge on any atom is 0.335 e. The number of fused-ring (bicyclic) bond motifs is 7. The molecule has 1 aliphatic heterocycles. The SMILES string of the molecule is CC1C(c2ccc(C(=O)O)cc2)=CCC2(C)C1CCC1(C)C2CCC2C3CCCC3(N3CC3)CC[C@]21C. The number of allylic oxidation sites excluding steroid dienone is 2. The van der Waals surface area contributed by atoms with E-state index in [0.717, 1.165) is 23.7 Å². The lowest BCUT2D eigenvalue weighted by Gasteiger charge is -2.71. The Morgan fingerprint density at radius 1 is 0.865 bits per heavy atom. The molecule has 3 heteroatoms. The second kappa shape index (κ2) is 7.96. The van der Waals surface area contributed by atoms with Crippen LogP contribution in [0, 0.1) is 45.8 Å². The van der Waals surface area contributed by atoms with Crippen LogP contribution in [0.25, 0.3) is 5.57 Å². The van der Waals surface area contributed by atoms with Gasteiger partial charge in [-0.2, -0.15) is 0 Å². The minimum atomic E-state index is -0.840. The molecular weight excluding hydrogens is 454 g/mol. The van der Waals surface area contributed by atoms with Gasteiger partial charge in [-0.25, -0.2) is 4.79 Å². The average Bonchev–Trinajstić information content (AvgIpc) is 3.64. The van der Waals surface area contributed by atoms with Crippen LogP contribution in [0.5, 0.6) is 0 Å². The summed E-state index contributed by atoms with van der Waals surface area (Å²) in [5, 5.41) is 9.34. The molecule has 1 aromatic rings. The van der Waals surface area contributed by atoms with Crippen LogP contribution in [0.4, 0.5) is 0 Å². The zero-order chi connectivity index (χ0) is 25.8. The van der Waals surface area contributed by atoms with Gasteiger partial charge < -0.3 is 5.11 Å². The van der Waals surface area contributed by atoms with Crippen molar-refractivity contribution in [2.75, 3.05) is 13.1 Å². The van der Waals surface area contributed by atoms with Crippen molar-refractivity contribution in [2.24, 2.45) is 45.8 Å². The Morgan fingerprint density at radius 2 is 1.62 bits per heavy atom. The Bertz CT molecular complexity index is 1130. The monoisotopic (exact) mass is 501 g/mol. The minimum Gasteiger partial charge on any atom is -0.478 e. The zero-order valence-corrected chi connectivity index (χ0v) is 23.6. The molecular formula is C34H47NO2. The lowest BCUT2D eigenvalue weighted by molar-refractivity contribution is -0.215. The summed E-state index contributed by atoms with van der Waals surface area (Å²) in [5.74, 6) is 3.09. The van der Waals surface area contributed by atoms with E-state index in [9.17, 15) is 9.90 Å². The van der Waals surface area contributed by atoms with Crippen molar-refractivity contribution in [3.05, 3.63) is 41.5 Å². The van der Waals surface area contributed by atoms with Crippen LogP contribution in [-0.4, -0.2) is 34.6 Å². The fraction of sp³-hybridized carbons (Fsp3) is 0.735. The van der Waals surface area contributed by atoms with Crippen LogP contribution in [0.3, 0.4) is 0 Å². The first-order chi connectivity index (χ1) is 17.6. The molecule has 3 nitrogen and oxygen atoms in total. The van der Waals surface area contributed by atoms with Crippen molar-refractivity contribution in [1.82, 2.24) is 4.90 Å². The van der Waals surface area contributed by atoms with E-state index in [1.165, 1.54) is 88.4 Å². The number of carbonyl (C=O) groups is 1. The number of aromatic carboxylic acids is 1. The third-order valence-corrected chi connectivity index (χ3v) is 14.1. The maximum atomic E-state index is 11.4. The number of rotatable bonds is 3. The molecule has 0 spiro atoms. The van der Waals surface area contributed by atoms with E-state index in [-0.39, 0.29) is 0 Å². The van der Waals surface area contributed by atoms with Gasteiger partial charge in [0.2, 0.25) is 0 Å². The van der Waals surface area contributed by atoms with Gasteiger partial charge in [-0.3, -0.25) is 4.90 Å². The second-order valence-corrected chi connectivity index (χ2v) is 14.8. The van der Waals surface area contributed by atoms with Crippen molar-refractivity contribution in [1.29, 1.82) is 0 Å². The molecule has 0 amide bonds. The zero-order valence-electron chi connectivity index (χ0n) is 23.6. The highest BCUT2D eigenvalue weighted by Gasteiger charge is 2.69. The summed E-state index contributed by atoms with van der Waals surface area (Å²) in [7, 11) is 0. The highest BCUT2D eigenvalue weighted by atomic mass is 16.4. The Hall–Kier alpha value is -1.61. The third kappa shape index (κ3) is 3.13. The fourth-order valence-corrected chi connectivity index (χ4v) is 12.0. The molecule has 8 unspecified atom stereocenters. The third-order valence-electron chi connectivity index (χ3n) is 14.1. The molecule has 1 saturated heterocycles. The van der Waals surface area contributed by atoms with Crippen LogP contribution in [0.1, 0.15) is 108 Å². The fourth-order valence-electron chi connectivity index (χ4n) is 12.0. The van der Waals surface area contributed by atoms with Gasteiger partial charge in [-0.1, -0.05) is 52.3 Å². The molecule has 1 aromatic carbocycles. The molecule has 0 aromatic heterocycles. The van der Waals surface area contributed by atoms with E-state index in [0.29, 0.717) is 33.3 Å². The molecule has 4 saturated carbocycles. The highest BCUT2D eigenvalue weighted by Crippen LogP contribution is 2.75. The van der Waals surface area contributed by atoms with E-state index >= 15 is 0 Å². The lowest BCUT2D eigenvalue weighted by atomic mass is 9.34. The molecule has 1 heterocycles. The second-order valence-electron chi connectivity index (χ2n) is 14.8. The molecule has 7 rings (SSSR count). The number of hydrogen-bond acceptors (Lipinski definition) is 2. The van der Waals surface area contributed by atoms with Crippen molar-refractivity contribution < 1.29 is 9.90 Å². The van der Waals surface area contributed by atoms with Crippen molar-refractivity contribution >= 4 is 11.5 Å². The van der Waals surface area contributed by atoms with Gasteiger partial charge in [-0.05, 0) is 127 Å². The first kappa shape index (κ1) is 24.4. The normalized spacial score (nSPS) is 48.8. The van der Waals surface area contributed by atoms with E-state index in [4.69, 9.17) is 0 Å². The van der Waals surface area contributed by atoms with Gasteiger partial charge in [0.05, 0.1) is 5.56 Å². The number of carboxylic acids is 1. The molecule has 9 atom stereocenters. The van der Waals surface area contributed by atoms with Crippen molar-refractivity contribution in [3.8, 4) is 0 Å². The highest BCUT2D eigenvalue weighted by molar-refractivity contribution is 5.88. The summed E-state index contributed by atoms with van der Waals surface area (Å²) in [4.78, 5) is 14.3. The van der Waals surface area contributed by atoms with Gasteiger partial charge in [-0.15, -0.1) is 0 Å². The number of hydrogen-bond donors (Lipinski definition) is 1.